The van der Waals surface area contributed by atoms with Crippen molar-refractivity contribution in [3.05, 3.63) is 48.6 Å². The number of aliphatic hydroxyl groups is 1. The van der Waals surface area contributed by atoms with Crippen molar-refractivity contribution >= 4 is 25.7 Å². The average Bonchev–Trinajstić information content (AvgIpc) is 3.16. The van der Waals surface area contributed by atoms with Gasteiger partial charge in [-0.25, -0.2) is 9.36 Å². The Morgan fingerprint density at radius 2 is 1.00 bits per heavy atom. The van der Waals surface area contributed by atoms with Crippen molar-refractivity contribution in [2.75, 3.05) is 19.8 Å². The number of phosphoric ester groups is 1. The fraction of sp³-hybridized carbons (Fsp3) is 0.744. The third-order valence-electron chi connectivity index (χ3n) is 8.84. The summed E-state index contributed by atoms with van der Waals surface area (Å²) in [5.74, 6) is -2.41. The number of rotatable bonds is 39. The molecule has 55 heavy (non-hydrogen) atoms. The van der Waals surface area contributed by atoms with Gasteiger partial charge in [-0.15, -0.1) is 0 Å². The van der Waals surface area contributed by atoms with E-state index < -0.39 is 57.6 Å². The summed E-state index contributed by atoms with van der Waals surface area (Å²) in [6, 6.07) is -1.56. The van der Waals surface area contributed by atoms with E-state index in [1.54, 1.807) is 0 Å². The molecule has 0 saturated carbocycles. The number of nitrogens with one attached hydrogen (secondary N) is 1. The maximum absolute atomic E-state index is 12.3. The molecule has 12 heteroatoms. The summed E-state index contributed by atoms with van der Waals surface area (Å²) in [6.07, 6.45) is 41.3. The molecule has 0 radical (unpaired) electrons. The van der Waals surface area contributed by atoms with Crippen LogP contribution in [0.1, 0.15) is 174 Å². The van der Waals surface area contributed by atoms with Gasteiger partial charge in [0.1, 0.15) is 12.7 Å². The molecule has 0 aromatic heterocycles. The van der Waals surface area contributed by atoms with Crippen LogP contribution < -0.4 is 5.32 Å². The van der Waals surface area contributed by atoms with Gasteiger partial charge in [0, 0.05) is 12.8 Å². The molecule has 0 aliphatic heterocycles. The van der Waals surface area contributed by atoms with Crippen LogP contribution in [0.4, 0.5) is 0 Å². The first-order valence-electron chi connectivity index (χ1n) is 21.2. The number of aliphatic carboxylic acids is 1. The molecule has 3 atom stereocenters. The van der Waals surface area contributed by atoms with Gasteiger partial charge in [0.2, 0.25) is 5.91 Å². The number of carbonyl (C=O) groups is 3. The maximum atomic E-state index is 12.3. The van der Waals surface area contributed by atoms with Crippen LogP contribution in [0.15, 0.2) is 48.6 Å². The highest BCUT2D eigenvalue weighted by molar-refractivity contribution is 7.47. The van der Waals surface area contributed by atoms with Gasteiger partial charge in [-0.1, -0.05) is 133 Å². The van der Waals surface area contributed by atoms with E-state index in [1.165, 1.54) is 44.9 Å². The number of allylic oxidation sites excluding steroid dienone is 8. The molecule has 3 unspecified atom stereocenters. The number of ether oxygens (including phenoxy) is 1. The van der Waals surface area contributed by atoms with E-state index >= 15 is 0 Å². The lowest BCUT2D eigenvalue weighted by atomic mass is 10.1. The third-order valence-corrected chi connectivity index (χ3v) is 9.79. The highest BCUT2D eigenvalue weighted by Gasteiger charge is 2.28. The minimum Gasteiger partial charge on any atom is -0.480 e. The van der Waals surface area contributed by atoms with Gasteiger partial charge in [-0.3, -0.25) is 18.6 Å². The highest BCUT2D eigenvalue weighted by atomic mass is 31.2. The lowest BCUT2D eigenvalue weighted by Crippen LogP contribution is -2.43. The van der Waals surface area contributed by atoms with Crippen molar-refractivity contribution in [2.24, 2.45) is 0 Å². The quantitative estimate of drug-likeness (QED) is 0.0203. The molecular weight excluding hydrogens is 721 g/mol. The number of esters is 1. The monoisotopic (exact) mass is 798 g/mol. The van der Waals surface area contributed by atoms with Crippen LogP contribution in [0.5, 0.6) is 0 Å². The second-order valence-corrected chi connectivity index (χ2v) is 15.6. The second kappa shape index (κ2) is 38.3. The normalized spacial score (nSPS) is 14.3. The summed E-state index contributed by atoms with van der Waals surface area (Å²) in [6.45, 7) is 2.51. The van der Waals surface area contributed by atoms with Crippen LogP contribution >= 0.6 is 7.82 Å². The summed E-state index contributed by atoms with van der Waals surface area (Å²) in [5.41, 5.74) is 0. The van der Waals surface area contributed by atoms with Crippen molar-refractivity contribution in [2.45, 2.75) is 187 Å². The van der Waals surface area contributed by atoms with Gasteiger partial charge in [-0.05, 0) is 77.0 Å². The first-order chi connectivity index (χ1) is 26.6. The van der Waals surface area contributed by atoms with Crippen molar-refractivity contribution < 1.29 is 47.8 Å². The van der Waals surface area contributed by atoms with Crippen LogP contribution in [0.3, 0.4) is 0 Å². The van der Waals surface area contributed by atoms with E-state index in [-0.39, 0.29) is 12.8 Å². The van der Waals surface area contributed by atoms with E-state index in [9.17, 15) is 34.1 Å². The van der Waals surface area contributed by atoms with Gasteiger partial charge >= 0.3 is 19.8 Å². The molecule has 0 fully saturated rings. The van der Waals surface area contributed by atoms with Gasteiger partial charge in [0.25, 0.3) is 0 Å². The van der Waals surface area contributed by atoms with Gasteiger partial charge in [0.15, 0.2) is 6.04 Å². The number of carbonyl (C=O) groups excluding carboxylic acids is 2. The number of hydrogen-bond donors (Lipinski definition) is 4. The standard InChI is InChI=1S/C43H76NO10P/c1-3-5-7-9-11-13-15-17-19-21-22-24-26-28-30-32-34-41(46)44-40(43(48)49)38-54-55(50,51)53-37-39(45)36-52-42(47)35-33-31-29-27-25-23-20-18-16-14-12-10-8-6-4-2/h12-15,18-21,39-40,45H,3-11,16-17,22-38H2,1-2H3,(H,44,46)(H,48,49)(H,50,51)/b14-12-,15-13-,20-18-,21-19-. The lowest BCUT2D eigenvalue weighted by Gasteiger charge is -2.18. The maximum Gasteiger partial charge on any atom is 0.472 e. The Kier molecular flexibility index (Phi) is 36.5. The van der Waals surface area contributed by atoms with Crippen LogP contribution in [0, 0.1) is 0 Å². The van der Waals surface area contributed by atoms with Gasteiger partial charge < -0.3 is 25.2 Å². The Labute approximate surface area is 333 Å². The zero-order valence-corrected chi connectivity index (χ0v) is 35.1. The number of aliphatic hydroxyl groups excluding tert-OH is 1. The largest absolute Gasteiger partial charge is 0.480 e. The van der Waals surface area contributed by atoms with Gasteiger partial charge in [-0.2, -0.15) is 0 Å². The van der Waals surface area contributed by atoms with Gasteiger partial charge in [0.05, 0.1) is 13.2 Å². The Bertz CT molecular complexity index is 1120. The molecule has 0 bridgehead atoms. The molecule has 0 aromatic carbocycles. The molecule has 0 aliphatic carbocycles. The molecule has 0 rings (SSSR count). The molecule has 0 heterocycles. The fourth-order valence-corrected chi connectivity index (χ4v) is 6.26. The minimum atomic E-state index is -4.76. The summed E-state index contributed by atoms with van der Waals surface area (Å²) in [4.78, 5) is 45.8. The zero-order valence-electron chi connectivity index (χ0n) is 34.2. The third kappa shape index (κ3) is 38.1. The minimum absolute atomic E-state index is 0.127. The topological polar surface area (TPSA) is 169 Å². The summed E-state index contributed by atoms with van der Waals surface area (Å²) < 4.78 is 26.8. The number of unbranched alkanes of at least 4 members (excludes halogenated alkanes) is 17. The lowest BCUT2D eigenvalue weighted by molar-refractivity contribution is -0.147. The average molecular weight is 798 g/mol. The van der Waals surface area contributed by atoms with Crippen LogP contribution in [0.2, 0.25) is 0 Å². The van der Waals surface area contributed by atoms with Crippen molar-refractivity contribution in [3.63, 3.8) is 0 Å². The highest BCUT2D eigenvalue weighted by Crippen LogP contribution is 2.43. The molecule has 0 spiro atoms. The van der Waals surface area contributed by atoms with E-state index in [0.717, 1.165) is 89.9 Å². The molecule has 0 saturated heterocycles. The molecule has 11 nitrogen and oxygen atoms in total. The van der Waals surface area contributed by atoms with Crippen LogP contribution in [-0.4, -0.2) is 64.9 Å². The Morgan fingerprint density at radius 3 is 1.51 bits per heavy atom. The molecule has 1 amide bonds. The summed E-state index contributed by atoms with van der Waals surface area (Å²) >= 11 is 0. The van der Waals surface area contributed by atoms with E-state index in [0.29, 0.717) is 12.8 Å². The number of amides is 1. The summed E-state index contributed by atoms with van der Waals surface area (Å²) in [7, 11) is -4.76. The van der Waals surface area contributed by atoms with Crippen molar-refractivity contribution in [1.82, 2.24) is 5.32 Å². The van der Waals surface area contributed by atoms with E-state index in [2.05, 4.69) is 67.8 Å². The smallest absolute Gasteiger partial charge is 0.472 e. The Hall–Kier alpha value is -2.56. The fourth-order valence-electron chi connectivity index (χ4n) is 5.49. The van der Waals surface area contributed by atoms with E-state index in [1.807, 2.05) is 0 Å². The molecule has 0 aliphatic rings. The Balaban J connectivity index is 3.97. The molecule has 0 aromatic rings. The number of carboxylic acids is 1. The number of phosphoric acid groups is 1. The second-order valence-electron chi connectivity index (χ2n) is 14.2. The summed E-state index contributed by atoms with van der Waals surface area (Å²) in [5, 5.41) is 21.8. The van der Waals surface area contributed by atoms with Crippen molar-refractivity contribution in [3.8, 4) is 0 Å². The molecule has 4 N–H and O–H groups in total. The predicted molar refractivity (Wildman–Crippen MR) is 222 cm³/mol. The predicted octanol–water partition coefficient (Wildman–Crippen LogP) is 10.6. The van der Waals surface area contributed by atoms with Crippen molar-refractivity contribution in [1.29, 1.82) is 0 Å². The van der Waals surface area contributed by atoms with Crippen LogP contribution in [-0.2, 0) is 32.7 Å². The molecular formula is C43H76NO10P. The first kappa shape index (κ1) is 52.4. The SMILES string of the molecule is CCCCC/C=C\C/C=C\CCCCCCCC(=O)OCC(O)COP(=O)(O)OCC(NC(=O)CCCCCCC/C=C\C/C=C\CCCCCC)C(=O)O. The van der Waals surface area contributed by atoms with Crippen LogP contribution in [0.25, 0.3) is 0 Å². The zero-order chi connectivity index (χ0) is 40.7. The van der Waals surface area contributed by atoms with E-state index in [4.69, 9.17) is 13.8 Å². The molecule has 318 valence electrons. The number of carboxylic acid groups (broad SMARTS) is 1. The Morgan fingerprint density at radius 1 is 0.582 bits per heavy atom. The number of hydrogen-bond acceptors (Lipinski definition) is 8. The first-order valence-corrected chi connectivity index (χ1v) is 22.7.